The van der Waals surface area contributed by atoms with Crippen molar-refractivity contribution in [3.8, 4) is 0 Å². The molecule has 4 atom stereocenters. The van der Waals surface area contributed by atoms with Crippen LogP contribution in [0.3, 0.4) is 0 Å². The molecule has 1 unspecified atom stereocenters. The van der Waals surface area contributed by atoms with E-state index < -0.39 is 0 Å². The number of piperidine rings is 1. The van der Waals surface area contributed by atoms with Crippen LogP contribution in [0.25, 0.3) is 0 Å². The van der Waals surface area contributed by atoms with E-state index in [-0.39, 0.29) is 6.10 Å². The highest BCUT2D eigenvalue weighted by Crippen LogP contribution is 2.45. The smallest absolute Gasteiger partial charge is 0.116 e. The molecule has 0 saturated carbocycles. The number of benzene rings is 2. The van der Waals surface area contributed by atoms with Gasteiger partial charge < -0.3 is 10.0 Å². The Morgan fingerprint density at radius 3 is 2.87 bits per heavy atom. The summed E-state index contributed by atoms with van der Waals surface area (Å²) in [6.45, 7) is 2.33. The normalized spacial score (nSPS) is 31.5. The Kier molecular flexibility index (Phi) is 3.29. The van der Waals surface area contributed by atoms with Gasteiger partial charge in [0.1, 0.15) is 6.04 Å². The first-order valence-corrected chi connectivity index (χ1v) is 9.52. The average Bonchev–Trinajstić information content (AvgIpc) is 2.73. The van der Waals surface area contributed by atoms with Crippen LogP contribution in [0.15, 0.2) is 52.3 Å². The molecular weight excluding hydrogens is 302 g/mol. The molecule has 2 nitrogen and oxygen atoms in total. The van der Waals surface area contributed by atoms with E-state index in [2.05, 4.69) is 42.5 Å². The standard InChI is InChI=1S/C20H21NOS/c22-15-8-9-21-12-14-10-13-4-1-2-6-18(13)23-19-7-3-5-16(20(14)19)17(21)11-15/h1-7,14-15,17,22H,8-12H2/p+1/t14-,15+,17-/m1/s1. The van der Waals surface area contributed by atoms with Gasteiger partial charge in [0.05, 0.1) is 19.2 Å². The van der Waals surface area contributed by atoms with Crippen molar-refractivity contribution in [3.63, 3.8) is 0 Å². The van der Waals surface area contributed by atoms with E-state index >= 15 is 0 Å². The second-order valence-corrected chi connectivity index (χ2v) is 8.30. The Bertz CT molecular complexity index is 759. The summed E-state index contributed by atoms with van der Waals surface area (Å²) < 4.78 is 0. The van der Waals surface area contributed by atoms with E-state index in [1.165, 1.54) is 27.5 Å². The van der Waals surface area contributed by atoms with Crippen molar-refractivity contribution in [2.75, 3.05) is 13.1 Å². The fourth-order valence-electron chi connectivity index (χ4n) is 4.81. The molecule has 0 bridgehead atoms. The minimum Gasteiger partial charge on any atom is -0.393 e. The van der Waals surface area contributed by atoms with Crippen LogP contribution < -0.4 is 4.90 Å². The van der Waals surface area contributed by atoms with E-state index in [0.717, 1.165) is 25.8 Å². The number of hydrogen-bond donors (Lipinski definition) is 2. The second-order valence-electron chi connectivity index (χ2n) is 7.21. The predicted molar refractivity (Wildman–Crippen MR) is 92.1 cm³/mol. The zero-order valence-electron chi connectivity index (χ0n) is 13.2. The van der Waals surface area contributed by atoms with Gasteiger partial charge in [-0.2, -0.15) is 0 Å². The molecule has 3 aliphatic rings. The first-order valence-electron chi connectivity index (χ1n) is 8.71. The van der Waals surface area contributed by atoms with Crippen molar-refractivity contribution in [2.45, 2.75) is 47.1 Å². The van der Waals surface area contributed by atoms with E-state index in [9.17, 15) is 5.11 Å². The molecule has 2 N–H and O–H groups in total. The summed E-state index contributed by atoms with van der Waals surface area (Å²) in [5.74, 6) is 0.624. The molecule has 0 aromatic heterocycles. The molecule has 2 aromatic rings. The molecule has 5 rings (SSSR count). The third kappa shape index (κ3) is 2.25. The van der Waals surface area contributed by atoms with Gasteiger partial charge in [-0.05, 0) is 29.7 Å². The lowest BCUT2D eigenvalue weighted by Crippen LogP contribution is -3.14. The van der Waals surface area contributed by atoms with Gasteiger partial charge in [-0.15, -0.1) is 0 Å². The predicted octanol–water partition coefficient (Wildman–Crippen LogP) is 2.57. The third-order valence-electron chi connectivity index (χ3n) is 5.85. The molecule has 2 aromatic carbocycles. The van der Waals surface area contributed by atoms with Gasteiger partial charge in [0, 0.05) is 34.1 Å². The van der Waals surface area contributed by atoms with Crippen molar-refractivity contribution < 1.29 is 10.0 Å². The minimum absolute atomic E-state index is 0.119. The van der Waals surface area contributed by atoms with E-state index in [0.29, 0.717) is 12.0 Å². The fraction of sp³-hybridized carbons (Fsp3) is 0.400. The summed E-state index contributed by atoms with van der Waals surface area (Å²) >= 11 is 1.94. The lowest BCUT2D eigenvalue weighted by atomic mass is 9.79. The molecule has 3 heteroatoms. The Morgan fingerprint density at radius 1 is 1.04 bits per heavy atom. The van der Waals surface area contributed by atoms with Crippen LogP contribution in [-0.2, 0) is 6.42 Å². The first kappa shape index (κ1) is 14.1. The van der Waals surface area contributed by atoms with Crippen LogP contribution in [0.4, 0.5) is 0 Å². The van der Waals surface area contributed by atoms with Crippen molar-refractivity contribution in [2.24, 2.45) is 0 Å². The average molecular weight is 324 g/mol. The topological polar surface area (TPSA) is 24.7 Å². The zero-order chi connectivity index (χ0) is 15.4. The highest BCUT2D eigenvalue weighted by molar-refractivity contribution is 7.99. The molecule has 1 fully saturated rings. The van der Waals surface area contributed by atoms with E-state index in [1.807, 2.05) is 11.8 Å². The molecular formula is C20H22NOS+. The number of fused-ring (bicyclic) bond motifs is 3. The molecule has 0 aliphatic carbocycles. The number of quaternary nitrogens is 1. The summed E-state index contributed by atoms with van der Waals surface area (Å²) in [5, 5.41) is 10.2. The van der Waals surface area contributed by atoms with Crippen LogP contribution in [0.5, 0.6) is 0 Å². The van der Waals surface area contributed by atoms with E-state index in [1.54, 1.807) is 10.5 Å². The van der Waals surface area contributed by atoms with Crippen LogP contribution in [0.2, 0.25) is 0 Å². The van der Waals surface area contributed by atoms with Crippen molar-refractivity contribution >= 4 is 11.8 Å². The fourth-order valence-corrected chi connectivity index (χ4v) is 6.02. The van der Waals surface area contributed by atoms with Crippen LogP contribution in [0.1, 0.15) is 41.5 Å². The van der Waals surface area contributed by atoms with Crippen molar-refractivity contribution in [3.05, 3.63) is 59.2 Å². The van der Waals surface area contributed by atoms with Crippen LogP contribution in [0, 0.1) is 0 Å². The van der Waals surface area contributed by atoms with Gasteiger partial charge in [-0.3, -0.25) is 0 Å². The molecule has 23 heavy (non-hydrogen) atoms. The summed E-state index contributed by atoms with van der Waals surface area (Å²) in [6.07, 6.45) is 2.92. The van der Waals surface area contributed by atoms with Crippen LogP contribution >= 0.6 is 11.8 Å². The molecule has 118 valence electrons. The Labute approximate surface area is 141 Å². The summed E-state index contributed by atoms with van der Waals surface area (Å²) in [6, 6.07) is 16.2. The molecule has 3 aliphatic heterocycles. The van der Waals surface area contributed by atoms with Crippen molar-refractivity contribution in [1.29, 1.82) is 0 Å². The highest BCUT2D eigenvalue weighted by Gasteiger charge is 2.42. The lowest BCUT2D eigenvalue weighted by molar-refractivity contribution is -0.942. The van der Waals surface area contributed by atoms with Gasteiger partial charge in [-0.25, -0.2) is 0 Å². The van der Waals surface area contributed by atoms with E-state index in [4.69, 9.17) is 0 Å². The van der Waals surface area contributed by atoms with Crippen molar-refractivity contribution in [1.82, 2.24) is 0 Å². The molecule has 0 amide bonds. The number of aliphatic hydroxyl groups is 1. The highest BCUT2D eigenvalue weighted by atomic mass is 32.2. The number of aliphatic hydroxyl groups excluding tert-OH is 1. The molecule has 0 radical (unpaired) electrons. The third-order valence-corrected chi connectivity index (χ3v) is 7.04. The monoisotopic (exact) mass is 324 g/mol. The maximum absolute atomic E-state index is 10.2. The Balaban J connectivity index is 1.66. The summed E-state index contributed by atoms with van der Waals surface area (Å²) in [4.78, 5) is 4.55. The maximum atomic E-state index is 10.2. The van der Waals surface area contributed by atoms with Crippen LogP contribution in [-0.4, -0.2) is 24.3 Å². The zero-order valence-corrected chi connectivity index (χ0v) is 14.0. The summed E-state index contributed by atoms with van der Waals surface area (Å²) in [5.41, 5.74) is 4.59. The minimum atomic E-state index is -0.119. The number of hydrogen-bond acceptors (Lipinski definition) is 2. The number of rotatable bonds is 0. The maximum Gasteiger partial charge on any atom is 0.116 e. The quantitative estimate of drug-likeness (QED) is 0.778. The van der Waals surface area contributed by atoms with Gasteiger partial charge >= 0.3 is 0 Å². The Hall–Kier alpha value is -1.29. The molecule has 0 spiro atoms. The summed E-state index contributed by atoms with van der Waals surface area (Å²) in [7, 11) is 0. The van der Waals surface area contributed by atoms with Gasteiger partial charge in [0.2, 0.25) is 0 Å². The second kappa shape index (κ2) is 5.37. The van der Waals surface area contributed by atoms with Gasteiger partial charge in [0.25, 0.3) is 0 Å². The van der Waals surface area contributed by atoms with Gasteiger partial charge in [-0.1, -0.05) is 42.1 Å². The van der Waals surface area contributed by atoms with Gasteiger partial charge in [0.15, 0.2) is 0 Å². The number of nitrogens with one attached hydrogen (secondary N) is 1. The Morgan fingerprint density at radius 2 is 1.91 bits per heavy atom. The molecule has 1 saturated heterocycles. The lowest BCUT2D eigenvalue weighted by Gasteiger charge is -2.42. The SMILES string of the molecule is O[C@H]1CC[NH+]2C[C@H]3Cc4ccccc4Sc4cccc(c43)[C@H]2C1. The largest absolute Gasteiger partial charge is 0.393 e. The molecule has 3 heterocycles. The first-order chi connectivity index (χ1) is 11.3.